The predicted octanol–water partition coefficient (Wildman–Crippen LogP) is 2.53. The molecule has 2 heterocycles. The Labute approximate surface area is 103 Å². The molecule has 1 fully saturated rings. The zero-order chi connectivity index (χ0) is 12.1. The number of nitrogens with one attached hydrogen (secondary N) is 1. The van der Waals surface area contributed by atoms with Gasteiger partial charge in [-0.1, -0.05) is 13.8 Å². The van der Waals surface area contributed by atoms with Gasteiger partial charge in [-0.3, -0.25) is 0 Å². The van der Waals surface area contributed by atoms with Crippen LogP contribution in [0, 0.1) is 5.92 Å². The first-order valence-electron chi connectivity index (χ1n) is 6.57. The zero-order valence-corrected chi connectivity index (χ0v) is 10.8. The molecular weight excluding hydrogens is 212 g/mol. The Morgan fingerprint density at radius 1 is 1.29 bits per heavy atom. The Kier molecular flexibility index (Phi) is 4.18. The molecular formula is C13H22N4. The predicted molar refractivity (Wildman–Crippen MR) is 71.4 cm³/mol. The van der Waals surface area contributed by atoms with E-state index in [0.29, 0.717) is 5.92 Å². The van der Waals surface area contributed by atoms with Gasteiger partial charge in [0.25, 0.3) is 0 Å². The second-order valence-corrected chi connectivity index (χ2v) is 5.06. The van der Waals surface area contributed by atoms with Crippen molar-refractivity contribution in [1.29, 1.82) is 0 Å². The van der Waals surface area contributed by atoms with E-state index in [9.17, 15) is 0 Å². The van der Waals surface area contributed by atoms with Crippen LogP contribution in [0.5, 0.6) is 0 Å². The molecule has 0 spiro atoms. The zero-order valence-electron chi connectivity index (χ0n) is 10.8. The molecule has 17 heavy (non-hydrogen) atoms. The van der Waals surface area contributed by atoms with Crippen molar-refractivity contribution < 1.29 is 0 Å². The number of nitrogens with zero attached hydrogens (tertiary/aromatic N) is 3. The topological polar surface area (TPSA) is 41.1 Å². The molecule has 1 aromatic rings. The molecule has 4 heteroatoms. The lowest BCUT2D eigenvalue weighted by molar-refractivity contribution is 0.573. The van der Waals surface area contributed by atoms with Gasteiger partial charge in [-0.2, -0.15) is 4.98 Å². The summed E-state index contributed by atoms with van der Waals surface area (Å²) in [5.41, 5.74) is 0. The quantitative estimate of drug-likeness (QED) is 0.869. The summed E-state index contributed by atoms with van der Waals surface area (Å²) in [6.45, 7) is 7.54. The van der Waals surface area contributed by atoms with Crippen LogP contribution in [0.25, 0.3) is 0 Å². The SMILES string of the molecule is CC(C)CNc1nccc(N2CCCCC2)n1. The van der Waals surface area contributed by atoms with Gasteiger partial charge >= 0.3 is 0 Å². The average Bonchev–Trinajstić information content (AvgIpc) is 2.38. The highest BCUT2D eigenvalue weighted by atomic mass is 15.2. The fourth-order valence-electron chi connectivity index (χ4n) is 2.03. The minimum Gasteiger partial charge on any atom is -0.356 e. The van der Waals surface area contributed by atoms with E-state index in [2.05, 4.69) is 34.0 Å². The second kappa shape index (κ2) is 5.84. The Morgan fingerprint density at radius 3 is 2.76 bits per heavy atom. The Morgan fingerprint density at radius 2 is 2.06 bits per heavy atom. The molecule has 1 aromatic heterocycles. The average molecular weight is 234 g/mol. The van der Waals surface area contributed by atoms with Gasteiger partial charge in [-0.05, 0) is 31.2 Å². The van der Waals surface area contributed by atoms with Crippen molar-refractivity contribution in [2.75, 3.05) is 29.9 Å². The fourth-order valence-corrected chi connectivity index (χ4v) is 2.03. The fraction of sp³-hybridized carbons (Fsp3) is 0.692. The lowest BCUT2D eigenvalue weighted by Gasteiger charge is -2.27. The van der Waals surface area contributed by atoms with Crippen LogP contribution in [0.2, 0.25) is 0 Å². The first kappa shape index (κ1) is 12.1. The monoisotopic (exact) mass is 234 g/mol. The van der Waals surface area contributed by atoms with E-state index < -0.39 is 0 Å². The summed E-state index contributed by atoms with van der Waals surface area (Å²) in [6.07, 6.45) is 5.75. The number of hydrogen-bond acceptors (Lipinski definition) is 4. The molecule has 2 rings (SSSR count). The van der Waals surface area contributed by atoms with Crippen LogP contribution in [-0.2, 0) is 0 Å². The number of anilines is 2. The number of rotatable bonds is 4. The molecule has 0 aliphatic carbocycles. The van der Waals surface area contributed by atoms with Crippen LogP contribution < -0.4 is 10.2 Å². The van der Waals surface area contributed by atoms with Gasteiger partial charge in [-0.25, -0.2) is 4.98 Å². The molecule has 0 amide bonds. The molecule has 94 valence electrons. The van der Waals surface area contributed by atoms with Crippen molar-refractivity contribution in [2.24, 2.45) is 5.92 Å². The van der Waals surface area contributed by atoms with Crippen LogP contribution >= 0.6 is 0 Å². The minimum absolute atomic E-state index is 0.609. The smallest absolute Gasteiger partial charge is 0.224 e. The third-order valence-corrected chi connectivity index (χ3v) is 2.99. The molecule has 0 unspecified atom stereocenters. The molecule has 0 atom stereocenters. The lowest BCUT2D eigenvalue weighted by atomic mass is 10.1. The largest absolute Gasteiger partial charge is 0.356 e. The van der Waals surface area contributed by atoms with Crippen LogP contribution in [0.3, 0.4) is 0 Å². The van der Waals surface area contributed by atoms with E-state index in [1.54, 1.807) is 0 Å². The summed E-state index contributed by atoms with van der Waals surface area (Å²) in [6, 6.07) is 2.01. The highest BCUT2D eigenvalue weighted by Gasteiger charge is 2.12. The molecule has 1 aliphatic heterocycles. The summed E-state index contributed by atoms with van der Waals surface area (Å²) in [7, 11) is 0. The summed E-state index contributed by atoms with van der Waals surface area (Å²) < 4.78 is 0. The number of hydrogen-bond donors (Lipinski definition) is 1. The second-order valence-electron chi connectivity index (χ2n) is 5.06. The highest BCUT2D eigenvalue weighted by Crippen LogP contribution is 2.17. The van der Waals surface area contributed by atoms with Gasteiger partial charge in [0.1, 0.15) is 5.82 Å². The molecule has 1 aliphatic rings. The van der Waals surface area contributed by atoms with Crippen molar-refractivity contribution in [2.45, 2.75) is 33.1 Å². The Balaban J connectivity index is 2.00. The van der Waals surface area contributed by atoms with Gasteiger partial charge in [0.15, 0.2) is 0 Å². The van der Waals surface area contributed by atoms with Gasteiger partial charge in [-0.15, -0.1) is 0 Å². The van der Waals surface area contributed by atoms with Gasteiger partial charge in [0.2, 0.25) is 5.95 Å². The molecule has 0 bridgehead atoms. The summed E-state index contributed by atoms with van der Waals surface area (Å²) >= 11 is 0. The maximum Gasteiger partial charge on any atom is 0.224 e. The van der Waals surface area contributed by atoms with Crippen molar-refractivity contribution in [3.8, 4) is 0 Å². The van der Waals surface area contributed by atoms with Crippen LogP contribution in [-0.4, -0.2) is 29.6 Å². The van der Waals surface area contributed by atoms with E-state index in [1.807, 2.05) is 12.3 Å². The van der Waals surface area contributed by atoms with Gasteiger partial charge < -0.3 is 10.2 Å². The van der Waals surface area contributed by atoms with E-state index in [1.165, 1.54) is 19.3 Å². The van der Waals surface area contributed by atoms with E-state index in [0.717, 1.165) is 31.4 Å². The molecule has 4 nitrogen and oxygen atoms in total. The first-order valence-corrected chi connectivity index (χ1v) is 6.57. The lowest BCUT2D eigenvalue weighted by Crippen LogP contribution is -2.30. The van der Waals surface area contributed by atoms with Crippen molar-refractivity contribution in [3.05, 3.63) is 12.3 Å². The summed E-state index contributed by atoms with van der Waals surface area (Å²) in [5.74, 6) is 2.42. The van der Waals surface area contributed by atoms with Crippen LogP contribution in [0.15, 0.2) is 12.3 Å². The normalized spacial score (nSPS) is 16.3. The van der Waals surface area contributed by atoms with E-state index in [-0.39, 0.29) is 0 Å². The highest BCUT2D eigenvalue weighted by molar-refractivity contribution is 5.42. The van der Waals surface area contributed by atoms with Crippen molar-refractivity contribution >= 4 is 11.8 Å². The van der Waals surface area contributed by atoms with E-state index >= 15 is 0 Å². The van der Waals surface area contributed by atoms with Crippen molar-refractivity contribution in [3.63, 3.8) is 0 Å². The summed E-state index contributed by atoms with van der Waals surface area (Å²) in [5, 5.41) is 3.27. The maximum absolute atomic E-state index is 4.57. The van der Waals surface area contributed by atoms with Gasteiger partial charge in [0, 0.05) is 25.8 Å². The van der Waals surface area contributed by atoms with Crippen LogP contribution in [0.1, 0.15) is 33.1 Å². The standard InChI is InChI=1S/C13H22N4/c1-11(2)10-15-13-14-7-6-12(16-13)17-8-4-3-5-9-17/h6-7,11H,3-5,8-10H2,1-2H3,(H,14,15,16). The molecule has 0 saturated carbocycles. The molecule has 1 saturated heterocycles. The minimum atomic E-state index is 0.609. The third-order valence-electron chi connectivity index (χ3n) is 2.99. The molecule has 0 radical (unpaired) electrons. The maximum atomic E-state index is 4.57. The molecule has 1 N–H and O–H groups in total. The number of aromatic nitrogens is 2. The Hall–Kier alpha value is -1.32. The third kappa shape index (κ3) is 3.58. The molecule has 0 aromatic carbocycles. The summed E-state index contributed by atoms with van der Waals surface area (Å²) in [4.78, 5) is 11.2. The first-order chi connectivity index (χ1) is 8.25. The van der Waals surface area contributed by atoms with Gasteiger partial charge in [0.05, 0.1) is 0 Å². The number of piperidine rings is 1. The Bertz CT molecular complexity index is 345. The van der Waals surface area contributed by atoms with E-state index in [4.69, 9.17) is 0 Å². The van der Waals surface area contributed by atoms with Crippen molar-refractivity contribution in [1.82, 2.24) is 9.97 Å². The van der Waals surface area contributed by atoms with Crippen LogP contribution in [0.4, 0.5) is 11.8 Å².